The highest BCUT2D eigenvalue weighted by molar-refractivity contribution is 5.70. The van der Waals surface area contributed by atoms with Crippen molar-refractivity contribution in [3.63, 3.8) is 0 Å². The number of fused-ring (bicyclic) bond motifs is 1. The first-order chi connectivity index (χ1) is 10.7. The SMILES string of the molecule is Cc1ccc(-n2nc(-c3cnccn3)c3c2NCC3)cc1C. The van der Waals surface area contributed by atoms with Crippen LogP contribution in [-0.4, -0.2) is 26.3 Å². The zero-order valence-electron chi connectivity index (χ0n) is 12.7. The predicted octanol–water partition coefficient (Wildman–Crippen LogP) is 2.91. The minimum absolute atomic E-state index is 0.824. The predicted molar refractivity (Wildman–Crippen MR) is 86.3 cm³/mol. The van der Waals surface area contributed by atoms with Crippen LogP contribution in [0.2, 0.25) is 0 Å². The summed E-state index contributed by atoms with van der Waals surface area (Å²) in [7, 11) is 0. The Kier molecular flexibility index (Phi) is 2.92. The number of hydrogen-bond acceptors (Lipinski definition) is 4. The maximum Gasteiger partial charge on any atom is 0.133 e. The zero-order chi connectivity index (χ0) is 15.1. The summed E-state index contributed by atoms with van der Waals surface area (Å²) in [5.74, 6) is 1.07. The number of nitrogens with one attached hydrogen (secondary N) is 1. The van der Waals surface area contributed by atoms with Gasteiger partial charge in [0.15, 0.2) is 0 Å². The van der Waals surface area contributed by atoms with E-state index < -0.39 is 0 Å². The number of aryl methyl sites for hydroxylation is 2. The minimum Gasteiger partial charge on any atom is -0.369 e. The third-order valence-corrected chi connectivity index (χ3v) is 4.19. The Morgan fingerprint density at radius 1 is 1.14 bits per heavy atom. The lowest BCUT2D eigenvalue weighted by atomic mass is 10.1. The van der Waals surface area contributed by atoms with Gasteiger partial charge in [-0.1, -0.05) is 6.07 Å². The Morgan fingerprint density at radius 3 is 2.82 bits per heavy atom. The lowest BCUT2D eigenvalue weighted by molar-refractivity contribution is 0.877. The number of benzene rings is 1. The molecule has 3 aromatic rings. The van der Waals surface area contributed by atoms with Crippen LogP contribution in [-0.2, 0) is 6.42 Å². The molecule has 0 radical (unpaired) electrons. The molecular weight excluding hydrogens is 274 g/mol. The Hall–Kier alpha value is -2.69. The normalized spacial score (nSPS) is 13.0. The number of nitrogens with zero attached hydrogens (tertiary/aromatic N) is 4. The highest BCUT2D eigenvalue weighted by Crippen LogP contribution is 2.33. The van der Waals surface area contributed by atoms with Crippen molar-refractivity contribution in [3.8, 4) is 17.1 Å². The summed E-state index contributed by atoms with van der Waals surface area (Å²) < 4.78 is 1.98. The fourth-order valence-electron chi connectivity index (χ4n) is 2.85. The fraction of sp³-hybridized carbons (Fsp3) is 0.235. The lowest BCUT2D eigenvalue weighted by Crippen LogP contribution is -2.05. The summed E-state index contributed by atoms with van der Waals surface area (Å²) in [6.07, 6.45) is 6.12. The molecule has 0 amide bonds. The number of anilines is 1. The van der Waals surface area contributed by atoms with Crippen LogP contribution in [0, 0.1) is 13.8 Å². The van der Waals surface area contributed by atoms with Gasteiger partial charge < -0.3 is 5.32 Å². The third-order valence-electron chi connectivity index (χ3n) is 4.19. The van der Waals surface area contributed by atoms with E-state index in [2.05, 4.69) is 47.3 Å². The molecule has 0 fully saturated rings. The van der Waals surface area contributed by atoms with Crippen molar-refractivity contribution >= 4 is 5.82 Å². The first-order valence-corrected chi connectivity index (χ1v) is 7.44. The average Bonchev–Trinajstić information content (AvgIpc) is 3.13. The van der Waals surface area contributed by atoms with E-state index in [0.717, 1.165) is 35.9 Å². The smallest absolute Gasteiger partial charge is 0.133 e. The number of rotatable bonds is 2. The topological polar surface area (TPSA) is 55.6 Å². The van der Waals surface area contributed by atoms with Gasteiger partial charge in [-0.15, -0.1) is 0 Å². The monoisotopic (exact) mass is 291 g/mol. The zero-order valence-corrected chi connectivity index (χ0v) is 12.7. The molecule has 1 aliphatic heterocycles. The minimum atomic E-state index is 0.824. The summed E-state index contributed by atoms with van der Waals surface area (Å²) in [5.41, 5.74) is 6.59. The van der Waals surface area contributed by atoms with Crippen molar-refractivity contribution in [3.05, 3.63) is 53.5 Å². The van der Waals surface area contributed by atoms with Crippen LogP contribution in [0.15, 0.2) is 36.8 Å². The van der Waals surface area contributed by atoms with Crippen molar-refractivity contribution in [2.45, 2.75) is 20.3 Å². The molecule has 5 heteroatoms. The average molecular weight is 291 g/mol. The van der Waals surface area contributed by atoms with E-state index in [0.29, 0.717) is 0 Å². The molecule has 0 unspecified atom stereocenters. The first kappa shape index (κ1) is 13.0. The second kappa shape index (κ2) is 4.94. The van der Waals surface area contributed by atoms with Crippen LogP contribution in [0.1, 0.15) is 16.7 Å². The van der Waals surface area contributed by atoms with Crippen molar-refractivity contribution in [1.29, 1.82) is 0 Å². The van der Waals surface area contributed by atoms with Crippen LogP contribution >= 0.6 is 0 Å². The number of hydrogen-bond donors (Lipinski definition) is 1. The van der Waals surface area contributed by atoms with Gasteiger partial charge in [-0.05, 0) is 43.5 Å². The van der Waals surface area contributed by atoms with E-state index in [1.807, 2.05) is 4.68 Å². The summed E-state index contributed by atoms with van der Waals surface area (Å²) in [6, 6.07) is 6.41. The van der Waals surface area contributed by atoms with Gasteiger partial charge in [0.25, 0.3) is 0 Å². The van der Waals surface area contributed by atoms with Crippen molar-refractivity contribution in [2.24, 2.45) is 0 Å². The van der Waals surface area contributed by atoms with Gasteiger partial charge in [0.2, 0.25) is 0 Å². The van der Waals surface area contributed by atoms with E-state index in [1.165, 1.54) is 16.7 Å². The third kappa shape index (κ3) is 1.97. The van der Waals surface area contributed by atoms with Gasteiger partial charge in [-0.25, -0.2) is 4.68 Å². The molecule has 0 aliphatic carbocycles. The van der Waals surface area contributed by atoms with E-state index in [9.17, 15) is 0 Å². The first-order valence-electron chi connectivity index (χ1n) is 7.44. The molecule has 3 heterocycles. The summed E-state index contributed by atoms with van der Waals surface area (Å²) in [4.78, 5) is 8.56. The van der Waals surface area contributed by atoms with Crippen molar-refractivity contribution in [1.82, 2.24) is 19.7 Å². The molecule has 22 heavy (non-hydrogen) atoms. The van der Waals surface area contributed by atoms with Crippen molar-refractivity contribution in [2.75, 3.05) is 11.9 Å². The molecule has 0 spiro atoms. The second-order valence-electron chi connectivity index (χ2n) is 5.62. The molecule has 0 atom stereocenters. The van der Waals surface area contributed by atoms with Crippen LogP contribution in [0.4, 0.5) is 5.82 Å². The van der Waals surface area contributed by atoms with E-state index in [4.69, 9.17) is 5.10 Å². The van der Waals surface area contributed by atoms with E-state index >= 15 is 0 Å². The van der Waals surface area contributed by atoms with Crippen LogP contribution < -0.4 is 5.32 Å². The molecule has 0 saturated carbocycles. The number of aromatic nitrogens is 4. The maximum absolute atomic E-state index is 4.79. The van der Waals surface area contributed by atoms with Crippen LogP contribution in [0.3, 0.4) is 0 Å². The Balaban J connectivity index is 1.89. The molecule has 1 aliphatic rings. The largest absolute Gasteiger partial charge is 0.369 e. The lowest BCUT2D eigenvalue weighted by Gasteiger charge is -2.08. The maximum atomic E-state index is 4.79. The fourth-order valence-corrected chi connectivity index (χ4v) is 2.85. The molecule has 1 aromatic carbocycles. The Labute approximate surface area is 129 Å². The molecule has 1 N–H and O–H groups in total. The summed E-state index contributed by atoms with van der Waals surface area (Å²) in [5, 5.41) is 8.24. The highest BCUT2D eigenvalue weighted by Gasteiger charge is 2.24. The summed E-state index contributed by atoms with van der Waals surface area (Å²) >= 11 is 0. The molecule has 110 valence electrons. The molecule has 5 nitrogen and oxygen atoms in total. The van der Waals surface area contributed by atoms with Crippen LogP contribution in [0.5, 0.6) is 0 Å². The van der Waals surface area contributed by atoms with Gasteiger partial charge in [0, 0.05) is 24.5 Å². The van der Waals surface area contributed by atoms with Gasteiger partial charge >= 0.3 is 0 Å². The summed E-state index contributed by atoms with van der Waals surface area (Å²) in [6.45, 7) is 5.18. The standard InChI is InChI=1S/C17H17N5/c1-11-3-4-13(9-12(11)2)22-17-14(5-6-20-17)16(21-22)15-10-18-7-8-19-15/h3-4,7-10,20H,5-6H2,1-2H3. The van der Waals surface area contributed by atoms with Crippen LogP contribution in [0.25, 0.3) is 17.1 Å². The Morgan fingerprint density at radius 2 is 2.05 bits per heavy atom. The van der Waals surface area contributed by atoms with Gasteiger partial charge in [-0.3, -0.25) is 9.97 Å². The second-order valence-corrected chi connectivity index (χ2v) is 5.62. The van der Waals surface area contributed by atoms with Gasteiger partial charge in [0.1, 0.15) is 17.2 Å². The van der Waals surface area contributed by atoms with Gasteiger partial charge in [-0.2, -0.15) is 5.10 Å². The Bertz CT molecular complexity index is 836. The molecule has 4 rings (SSSR count). The molecular formula is C17H17N5. The van der Waals surface area contributed by atoms with Crippen molar-refractivity contribution < 1.29 is 0 Å². The molecule has 0 bridgehead atoms. The highest BCUT2D eigenvalue weighted by atomic mass is 15.3. The molecule has 0 saturated heterocycles. The van der Waals surface area contributed by atoms with Gasteiger partial charge in [0.05, 0.1) is 11.9 Å². The van der Waals surface area contributed by atoms with E-state index in [1.54, 1.807) is 18.6 Å². The van der Waals surface area contributed by atoms with E-state index in [-0.39, 0.29) is 0 Å². The molecule has 2 aromatic heterocycles. The quantitative estimate of drug-likeness (QED) is 0.788.